The molecule has 1 saturated heterocycles. The van der Waals surface area contributed by atoms with Gasteiger partial charge in [-0.1, -0.05) is 0 Å². The number of aliphatic carboxylic acids is 1. The summed E-state index contributed by atoms with van der Waals surface area (Å²) in [7, 11) is 0. The molecule has 2 atom stereocenters. The smallest absolute Gasteiger partial charge is 0.334 e. The van der Waals surface area contributed by atoms with Crippen molar-refractivity contribution in [1.82, 2.24) is 5.32 Å². The molecule has 1 heterocycles. The number of rotatable bonds is 4. The van der Waals surface area contributed by atoms with Crippen molar-refractivity contribution in [3.8, 4) is 0 Å². The third-order valence-electron chi connectivity index (χ3n) is 2.25. The zero-order valence-corrected chi connectivity index (χ0v) is 8.10. The molecule has 86 valence electrons. The Bertz CT molecular complexity index is 262. The molecular weight excluding hydrogens is 204 g/mol. The molecule has 0 spiro atoms. The molecule has 1 amide bonds. The van der Waals surface area contributed by atoms with Crippen LogP contribution in [0.4, 0.5) is 0 Å². The topological polar surface area (TPSA) is 122 Å². The molecule has 0 radical (unpaired) electrons. The molecule has 0 aromatic rings. The molecule has 7 nitrogen and oxygen atoms in total. The second kappa shape index (κ2) is 4.56. The van der Waals surface area contributed by atoms with Crippen LogP contribution in [-0.2, 0) is 14.3 Å². The summed E-state index contributed by atoms with van der Waals surface area (Å²) in [5.41, 5.74) is 4.60. The van der Waals surface area contributed by atoms with Crippen molar-refractivity contribution in [1.29, 1.82) is 0 Å². The minimum absolute atomic E-state index is 0.113. The number of aliphatic hydroxyl groups excluding tert-OH is 1. The molecule has 0 aromatic carbocycles. The van der Waals surface area contributed by atoms with Crippen molar-refractivity contribution in [3.05, 3.63) is 0 Å². The summed E-state index contributed by atoms with van der Waals surface area (Å²) in [5, 5.41) is 19.6. The van der Waals surface area contributed by atoms with Crippen molar-refractivity contribution >= 4 is 11.9 Å². The van der Waals surface area contributed by atoms with Gasteiger partial charge in [-0.15, -0.1) is 0 Å². The van der Waals surface area contributed by atoms with Crippen LogP contribution in [-0.4, -0.2) is 53.5 Å². The van der Waals surface area contributed by atoms with E-state index in [1.54, 1.807) is 0 Å². The first kappa shape index (κ1) is 11.9. The van der Waals surface area contributed by atoms with E-state index in [-0.39, 0.29) is 13.2 Å². The third-order valence-corrected chi connectivity index (χ3v) is 2.25. The summed E-state index contributed by atoms with van der Waals surface area (Å²) < 4.78 is 4.97. The second-order valence-corrected chi connectivity index (χ2v) is 3.52. The van der Waals surface area contributed by atoms with Crippen molar-refractivity contribution < 1.29 is 24.5 Å². The summed E-state index contributed by atoms with van der Waals surface area (Å²) in [6.07, 6.45) is -1.22. The van der Waals surface area contributed by atoms with Gasteiger partial charge in [-0.3, -0.25) is 4.79 Å². The standard InChI is InChI=1S/C8H14N2O5/c9-8(1-2-15-4-8)7(14)10-3-5(11)6(12)13/h5,11H,1-4,9H2,(H,10,14)(H,12,13). The summed E-state index contributed by atoms with van der Waals surface area (Å²) in [6.45, 7) is 0.167. The molecule has 1 rings (SSSR count). The zero-order valence-electron chi connectivity index (χ0n) is 8.10. The van der Waals surface area contributed by atoms with E-state index in [9.17, 15) is 9.59 Å². The van der Waals surface area contributed by atoms with E-state index in [1.807, 2.05) is 0 Å². The van der Waals surface area contributed by atoms with E-state index in [0.29, 0.717) is 13.0 Å². The number of carboxylic acid groups (broad SMARTS) is 1. The molecule has 0 saturated carbocycles. The average Bonchev–Trinajstić information content (AvgIpc) is 2.62. The highest BCUT2D eigenvalue weighted by molar-refractivity contribution is 5.87. The van der Waals surface area contributed by atoms with E-state index >= 15 is 0 Å². The van der Waals surface area contributed by atoms with Crippen molar-refractivity contribution in [3.63, 3.8) is 0 Å². The molecular formula is C8H14N2O5. The van der Waals surface area contributed by atoms with Crippen molar-refractivity contribution in [2.24, 2.45) is 5.73 Å². The lowest BCUT2D eigenvalue weighted by Gasteiger charge is -2.20. The lowest BCUT2D eigenvalue weighted by atomic mass is 9.99. The van der Waals surface area contributed by atoms with Gasteiger partial charge in [0, 0.05) is 6.61 Å². The number of nitrogens with one attached hydrogen (secondary N) is 1. The zero-order chi connectivity index (χ0) is 11.5. The molecule has 1 aliphatic heterocycles. The Balaban J connectivity index is 2.39. The molecule has 0 aliphatic carbocycles. The van der Waals surface area contributed by atoms with Gasteiger partial charge in [-0.05, 0) is 6.42 Å². The van der Waals surface area contributed by atoms with Gasteiger partial charge in [0.2, 0.25) is 5.91 Å². The second-order valence-electron chi connectivity index (χ2n) is 3.52. The molecule has 1 aliphatic rings. The van der Waals surface area contributed by atoms with Gasteiger partial charge in [-0.25, -0.2) is 4.79 Å². The quantitative estimate of drug-likeness (QED) is 0.419. The number of amides is 1. The lowest BCUT2D eigenvalue weighted by molar-refractivity contribution is -0.146. The van der Waals surface area contributed by atoms with Crippen LogP contribution in [0.25, 0.3) is 0 Å². The van der Waals surface area contributed by atoms with Crippen LogP contribution < -0.4 is 11.1 Å². The maximum Gasteiger partial charge on any atom is 0.334 e. The van der Waals surface area contributed by atoms with Crippen LogP contribution >= 0.6 is 0 Å². The molecule has 0 aromatic heterocycles. The Morgan fingerprint density at radius 1 is 1.60 bits per heavy atom. The summed E-state index contributed by atoms with van der Waals surface area (Å²) >= 11 is 0. The van der Waals surface area contributed by atoms with Crippen LogP contribution in [0.2, 0.25) is 0 Å². The van der Waals surface area contributed by atoms with Crippen LogP contribution in [0.15, 0.2) is 0 Å². The molecule has 15 heavy (non-hydrogen) atoms. The van der Waals surface area contributed by atoms with Crippen LogP contribution in [0, 0.1) is 0 Å². The molecule has 1 fully saturated rings. The fourth-order valence-electron chi connectivity index (χ4n) is 1.21. The highest BCUT2D eigenvalue weighted by Crippen LogP contribution is 2.15. The first-order valence-electron chi connectivity index (χ1n) is 4.51. The van der Waals surface area contributed by atoms with Crippen LogP contribution in [0.5, 0.6) is 0 Å². The number of hydrogen-bond acceptors (Lipinski definition) is 5. The largest absolute Gasteiger partial charge is 0.479 e. The molecule has 0 bridgehead atoms. The van der Waals surface area contributed by atoms with Crippen LogP contribution in [0.1, 0.15) is 6.42 Å². The Hall–Kier alpha value is -1.18. The predicted molar refractivity (Wildman–Crippen MR) is 49.0 cm³/mol. The van der Waals surface area contributed by atoms with Gasteiger partial charge in [0.25, 0.3) is 0 Å². The first-order chi connectivity index (χ1) is 6.96. The minimum atomic E-state index is -1.61. The SMILES string of the molecule is NC1(C(=O)NCC(O)C(=O)O)CCOC1. The molecule has 7 heteroatoms. The lowest BCUT2D eigenvalue weighted by Crippen LogP contribution is -2.56. The predicted octanol–water partition coefficient (Wildman–Crippen LogP) is -2.33. The maximum atomic E-state index is 11.5. The van der Waals surface area contributed by atoms with Crippen molar-refractivity contribution in [2.75, 3.05) is 19.8 Å². The number of ether oxygens (including phenoxy) is 1. The normalized spacial score (nSPS) is 27.3. The van der Waals surface area contributed by atoms with Gasteiger partial charge in [-0.2, -0.15) is 0 Å². The maximum absolute atomic E-state index is 11.5. The number of nitrogens with two attached hydrogens (primary N) is 1. The summed E-state index contributed by atoms with van der Waals surface area (Å²) in [6, 6.07) is 0. The number of hydrogen-bond donors (Lipinski definition) is 4. The number of carbonyl (C=O) groups is 2. The van der Waals surface area contributed by atoms with E-state index in [1.165, 1.54) is 0 Å². The summed E-state index contributed by atoms with van der Waals surface area (Å²) in [5.74, 6) is -1.88. The van der Waals surface area contributed by atoms with E-state index in [4.69, 9.17) is 20.7 Å². The van der Waals surface area contributed by atoms with Crippen LogP contribution in [0.3, 0.4) is 0 Å². The Labute approximate surface area is 86.2 Å². The van der Waals surface area contributed by atoms with Crippen molar-refractivity contribution in [2.45, 2.75) is 18.1 Å². The minimum Gasteiger partial charge on any atom is -0.479 e. The Kier molecular flexibility index (Phi) is 3.61. The molecule has 5 N–H and O–H groups in total. The van der Waals surface area contributed by atoms with Gasteiger partial charge in [0.05, 0.1) is 13.2 Å². The van der Waals surface area contributed by atoms with Gasteiger partial charge >= 0.3 is 5.97 Å². The third kappa shape index (κ3) is 2.88. The van der Waals surface area contributed by atoms with E-state index in [2.05, 4.69) is 5.32 Å². The van der Waals surface area contributed by atoms with E-state index in [0.717, 1.165) is 0 Å². The fourth-order valence-corrected chi connectivity index (χ4v) is 1.21. The van der Waals surface area contributed by atoms with E-state index < -0.39 is 23.5 Å². The molecule has 2 unspecified atom stereocenters. The van der Waals surface area contributed by atoms with Gasteiger partial charge in [0.15, 0.2) is 6.10 Å². The Morgan fingerprint density at radius 3 is 2.73 bits per heavy atom. The number of carboxylic acids is 1. The highest BCUT2D eigenvalue weighted by atomic mass is 16.5. The highest BCUT2D eigenvalue weighted by Gasteiger charge is 2.38. The van der Waals surface area contributed by atoms with Gasteiger partial charge in [0.1, 0.15) is 5.54 Å². The van der Waals surface area contributed by atoms with Gasteiger partial charge < -0.3 is 26.0 Å². The monoisotopic (exact) mass is 218 g/mol. The number of carbonyl (C=O) groups excluding carboxylic acids is 1. The Morgan fingerprint density at radius 2 is 2.27 bits per heavy atom. The first-order valence-corrected chi connectivity index (χ1v) is 4.51. The summed E-state index contributed by atoms with van der Waals surface area (Å²) in [4.78, 5) is 21.7. The number of aliphatic hydroxyl groups is 1. The average molecular weight is 218 g/mol. The fraction of sp³-hybridized carbons (Fsp3) is 0.750.